The Bertz CT molecular complexity index is 354. The molecular formula is C10H16N2O4. The molecule has 1 heterocycles. The highest BCUT2D eigenvalue weighted by molar-refractivity contribution is 5.87. The summed E-state index contributed by atoms with van der Waals surface area (Å²) in [5, 5.41) is 12.2. The summed E-state index contributed by atoms with van der Waals surface area (Å²) in [5.41, 5.74) is -0.765. The lowest BCUT2D eigenvalue weighted by Crippen LogP contribution is -2.29. The molecule has 1 aromatic rings. The predicted octanol–water partition coefficient (Wildman–Crippen LogP) is 1.03. The molecule has 0 saturated carbocycles. The molecule has 0 spiro atoms. The molecular weight excluding hydrogens is 212 g/mol. The number of nitrogens with one attached hydrogen (secondary N) is 1. The van der Waals surface area contributed by atoms with Crippen LogP contribution in [0.3, 0.4) is 0 Å². The van der Waals surface area contributed by atoms with Crippen LogP contribution in [-0.2, 0) is 4.74 Å². The van der Waals surface area contributed by atoms with Gasteiger partial charge in [0.15, 0.2) is 5.69 Å². The van der Waals surface area contributed by atoms with E-state index in [0.717, 1.165) is 0 Å². The molecule has 0 unspecified atom stereocenters. The van der Waals surface area contributed by atoms with Gasteiger partial charge in [-0.1, -0.05) is 0 Å². The topological polar surface area (TPSA) is 84.6 Å². The number of aromatic nitrogens is 1. The average Bonchev–Trinajstić information content (AvgIpc) is 2.62. The van der Waals surface area contributed by atoms with Crippen LogP contribution in [-0.4, -0.2) is 34.8 Å². The first kappa shape index (κ1) is 12.5. The van der Waals surface area contributed by atoms with Crippen LogP contribution >= 0.6 is 0 Å². The monoisotopic (exact) mass is 228 g/mol. The fraction of sp³-hybridized carbons (Fsp3) is 0.600. The molecule has 6 nitrogen and oxygen atoms in total. The van der Waals surface area contributed by atoms with Crippen molar-refractivity contribution in [2.75, 3.05) is 18.5 Å². The number of anilines is 1. The van der Waals surface area contributed by atoms with E-state index in [-0.39, 0.29) is 24.9 Å². The molecule has 0 amide bonds. The first-order chi connectivity index (χ1) is 7.42. The van der Waals surface area contributed by atoms with Crippen molar-refractivity contribution in [2.45, 2.75) is 26.4 Å². The van der Waals surface area contributed by atoms with Crippen LogP contribution < -0.4 is 5.32 Å². The third kappa shape index (κ3) is 3.90. The van der Waals surface area contributed by atoms with Crippen molar-refractivity contribution in [3.63, 3.8) is 0 Å². The van der Waals surface area contributed by atoms with Gasteiger partial charge in [0, 0.05) is 6.54 Å². The number of hydrogen-bond acceptors (Lipinski definition) is 6. The van der Waals surface area contributed by atoms with Crippen molar-refractivity contribution in [3.05, 3.63) is 12.0 Å². The third-order valence-electron chi connectivity index (χ3n) is 1.66. The van der Waals surface area contributed by atoms with Gasteiger partial charge in [0.2, 0.25) is 0 Å². The molecule has 0 saturated heterocycles. The van der Waals surface area contributed by atoms with Crippen LogP contribution in [0.25, 0.3) is 0 Å². The molecule has 16 heavy (non-hydrogen) atoms. The molecule has 90 valence electrons. The van der Waals surface area contributed by atoms with Gasteiger partial charge in [0.05, 0.1) is 12.2 Å². The average molecular weight is 228 g/mol. The number of nitrogens with zero attached hydrogens (tertiary/aromatic N) is 1. The van der Waals surface area contributed by atoms with Crippen molar-refractivity contribution >= 4 is 12.0 Å². The van der Waals surface area contributed by atoms with Crippen LogP contribution in [0.2, 0.25) is 0 Å². The quantitative estimate of drug-likeness (QED) is 0.732. The van der Waals surface area contributed by atoms with Gasteiger partial charge in [0.25, 0.3) is 6.01 Å². The standard InChI is InChI=1S/C10H16N2O4/c1-4-15-8(13)7-5-16-9(12-7)11-6-10(2,3)14/h5,14H,4,6H2,1-3H3,(H,11,12). The van der Waals surface area contributed by atoms with Crippen molar-refractivity contribution in [2.24, 2.45) is 0 Å². The zero-order valence-corrected chi connectivity index (χ0v) is 9.61. The lowest BCUT2D eigenvalue weighted by atomic mass is 10.1. The van der Waals surface area contributed by atoms with Crippen LogP contribution in [0.1, 0.15) is 31.3 Å². The zero-order chi connectivity index (χ0) is 12.2. The van der Waals surface area contributed by atoms with E-state index in [1.807, 2.05) is 0 Å². The van der Waals surface area contributed by atoms with E-state index in [4.69, 9.17) is 9.15 Å². The SMILES string of the molecule is CCOC(=O)c1coc(NCC(C)(C)O)n1. The maximum absolute atomic E-state index is 11.2. The molecule has 1 rings (SSSR count). The van der Waals surface area contributed by atoms with Gasteiger partial charge >= 0.3 is 5.97 Å². The first-order valence-corrected chi connectivity index (χ1v) is 5.01. The second-order valence-corrected chi connectivity index (χ2v) is 3.92. The minimum atomic E-state index is -0.876. The second kappa shape index (κ2) is 4.98. The van der Waals surface area contributed by atoms with E-state index in [1.54, 1.807) is 20.8 Å². The number of oxazole rings is 1. The molecule has 0 aromatic carbocycles. The summed E-state index contributed by atoms with van der Waals surface area (Å²) < 4.78 is 9.74. The van der Waals surface area contributed by atoms with Gasteiger partial charge in [-0.2, -0.15) is 4.98 Å². The Kier molecular flexibility index (Phi) is 3.89. The molecule has 0 atom stereocenters. The molecule has 0 aliphatic carbocycles. The number of carbonyl (C=O) groups is 1. The van der Waals surface area contributed by atoms with Crippen LogP contribution in [0.5, 0.6) is 0 Å². The van der Waals surface area contributed by atoms with Crippen molar-refractivity contribution in [1.82, 2.24) is 4.98 Å². The summed E-state index contributed by atoms with van der Waals surface area (Å²) in [4.78, 5) is 15.1. The first-order valence-electron chi connectivity index (χ1n) is 5.01. The zero-order valence-electron chi connectivity index (χ0n) is 9.61. The van der Waals surface area contributed by atoms with Crippen molar-refractivity contribution < 1.29 is 19.1 Å². The van der Waals surface area contributed by atoms with Gasteiger partial charge in [0.1, 0.15) is 6.26 Å². The Morgan fingerprint density at radius 2 is 2.38 bits per heavy atom. The Balaban J connectivity index is 2.55. The molecule has 0 aliphatic rings. The Labute approximate surface area is 93.6 Å². The fourth-order valence-corrected chi connectivity index (χ4v) is 0.946. The molecule has 0 bridgehead atoms. The minimum Gasteiger partial charge on any atom is -0.461 e. The fourth-order valence-electron chi connectivity index (χ4n) is 0.946. The Morgan fingerprint density at radius 3 is 2.94 bits per heavy atom. The smallest absolute Gasteiger partial charge is 0.360 e. The minimum absolute atomic E-state index is 0.111. The summed E-state index contributed by atoms with van der Waals surface area (Å²) in [7, 11) is 0. The van der Waals surface area contributed by atoms with Crippen molar-refractivity contribution in [3.8, 4) is 0 Å². The lowest BCUT2D eigenvalue weighted by molar-refractivity contribution is 0.0519. The van der Waals surface area contributed by atoms with Crippen LogP contribution in [0.15, 0.2) is 10.7 Å². The van der Waals surface area contributed by atoms with Gasteiger partial charge in [-0.15, -0.1) is 0 Å². The molecule has 6 heteroatoms. The van der Waals surface area contributed by atoms with Gasteiger partial charge in [-0.05, 0) is 20.8 Å². The van der Waals surface area contributed by atoms with Gasteiger partial charge < -0.3 is 19.6 Å². The largest absolute Gasteiger partial charge is 0.461 e. The van der Waals surface area contributed by atoms with Gasteiger partial charge in [-0.25, -0.2) is 4.79 Å². The highest BCUT2D eigenvalue weighted by Crippen LogP contribution is 2.10. The van der Waals surface area contributed by atoms with Crippen LogP contribution in [0.4, 0.5) is 6.01 Å². The number of carbonyl (C=O) groups excluding carboxylic acids is 1. The molecule has 1 aromatic heterocycles. The summed E-state index contributed by atoms with van der Waals surface area (Å²) in [6.45, 7) is 5.57. The van der Waals surface area contributed by atoms with E-state index < -0.39 is 11.6 Å². The van der Waals surface area contributed by atoms with Gasteiger partial charge in [-0.3, -0.25) is 0 Å². The highest BCUT2D eigenvalue weighted by Gasteiger charge is 2.16. The van der Waals surface area contributed by atoms with E-state index in [0.29, 0.717) is 0 Å². The molecule has 2 N–H and O–H groups in total. The Morgan fingerprint density at radius 1 is 1.69 bits per heavy atom. The number of hydrogen-bond donors (Lipinski definition) is 2. The highest BCUT2D eigenvalue weighted by atomic mass is 16.5. The summed E-state index contributed by atoms with van der Waals surface area (Å²) >= 11 is 0. The summed E-state index contributed by atoms with van der Waals surface area (Å²) in [6, 6.07) is 0.185. The number of esters is 1. The van der Waals surface area contributed by atoms with E-state index in [2.05, 4.69) is 10.3 Å². The van der Waals surface area contributed by atoms with E-state index in [1.165, 1.54) is 6.26 Å². The van der Waals surface area contributed by atoms with Crippen molar-refractivity contribution in [1.29, 1.82) is 0 Å². The maximum Gasteiger partial charge on any atom is 0.360 e. The van der Waals surface area contributed by atoms with E-state index in [9.17, 15) is 9.90 Å². The second-order valence-electron chi connectivity index (χ2n) is 3.92. The molecule has 0 radical (unpaired) electrons. The van der Waals surface area contributed by atoms with Crippen LogP contribution in [0, 0.1) is 0 Å². The summed E-state index contributed by atoms with van der Waals surface area (Å²) in [5.74, 6) is -0.525. The normalized spacial score (nSPS) is 11.2. The number of ether oxygens (including phenoxy) is 1. The summed E-state index contributed by atoms with van der Waals surface area (Å²) in [6.07, 6.45) is 1.21. The number of rotatable bonds is 5. The molecule has 0 fully saturated rings. The maximum atomic E-state index is 11.2. The lowest BCUT2D eigenvalue weighted by Gasteiger charge is -2.16. The predicted molar refractivity (Wildman–Crippen MR) is 57.2 cm³/mol. The molecule has 0 aliphatic heterocycles. The Hall–Kier alpha value is -1.56. The van der Waals surface area contributed by atoms with E-state index >= 15 is 0 Å². The third-order valence-corrected chi connectivity index (χ3v) is 1.66. The number of aliphatic hydroxyl groups is 1.